The van der Waals surface area contributed by atoms with Crippen LogP contribution in [0.1, 0.15) is 30.6 Å². The zero-order valence-corrected chi connectivity index (χ0v) is 14.0. The molecule has 0 saturated heterocycles. The molecule has 0 unspecified atom stereocenters. The van der Waals surface area contributed by atoms with Crippen LogP contribution in [0.15, 0.2) is 46.0 Å². The molecule has 1 heterocycles. The Bertz CT molecular complexity index is 723. The van der Waals surface area contributed by atoms with E-state index in [1.165, 1.54) is 0 Å². The summed E-state index contributed by atoms with van der Waals surface area (Å²) < 4.78 is 26.9. The molecule has 0 radical (unpaired) electrons. The summed E-state index contributed by atoms with van der Waals surface area (Å²) in [6.07, 6.45) is 0.852. The Labute approximate surface area is 134 Å². The molecule has 1 aromatic carbocycles. The van der Waals surface area contributed by atoms with Gasteiger partial charge in [0, 0.05) is 17.3 Å². The van der Waals surface area contributed by atoms with Crippen molar-refractivity contribution in [3.63, 3.8) is 0 Å². The summed E-state index contributed by atoms with van der Waals surface area (Å²) >= 11 is 1.15. The van der Waals surface area contributed by atoms with Crippen LogP contribution in [-0.2, 0) is 10.0 Å². The van der Waals surface area contributed by atoms with E-state index in [2.05, 4.69) is 10.0 Å². The average Bonchev–Trinajstić information content (AvgIpc) is 3.02. The quantitative estimate of drug-likeness (QED) is 0.850. The molecule has 2 rings (SSSR count). The van der Waals surface area contributed by atoms with Crippen molar-refractivity contribution < 1.29 is 13.2 Å². The highest BCUT2D eigenvalue weighted by molar-refractivity contribution is 7.94. The largest absolute Gasteiger partial charge is 0.350 e. The van der Waals surface area contributed by atoms with Crippen molar-refractivity contribution in [1.29, 1.82) is 0 Å². The van der Waals surface area contributed by atoms with Crippen LogP contribution in [0, 0.1) is 0 Å². The maximum Gasteiger partial charge on any atom is 0.271 e. The summed E-state index contributed by atoms with van der Waals surface area (Å²) in [7, 11) is -3.56. The van der Waals surface area contributed by atoms with Gasteiger partial charge in [-0.1, -0.05) is 13.0 Å². The third kappa shape index (κ3) is 4.08. The summed E-state index contributed by atoms with van der Waals surface area (Å²) in [4.78, 5) is 11.9. The molecule has 2 aromatic rings. The molecule has 0 saturated carbocycles. The van der Waals surface area contributed by atoms with E-state index in [-0.39, 0.29) is 16.2 Å². The Morgan fingerprint density at radius 2 is 1.91 bits per heavy atom. The van der Waals surface area contributed by atoms with Gasteiger partial charge in [-0.15, -0.1) is 11.3 Å². The van der Waals surface area contributed by atoms with E-state index in [9.17, 15) is 13.2 Å². The van der Waals surface area contributed by atoms with Crippen molar-refractivity contribution in [2.45, 2.75) is 30.5 Å². The van der Waals surface area contributed by atoms with Crippen LogP contribution in [-0.4, -0.2) is 20.4 Å². The van der Waals surface area contributed by atoms with Gasteiger partial charge in [0.1, 0.15) is 4.21 Å². The fourth-order valence-electron chi connectivity index (χ4n) is 1.72. The molecule has 2 N–H and O–H groups in total. The molecule has 0 bridgehead atoms. The van der Waals surface area contributed by atoms with Crippen molar-refractivity contribution in [2.75, 3.05) is 4.72 Å². The van der Waals surface area contributed by atoms with Crippen LogP contribution < -0.4 is 10.0 Å². The van der Waals surface area contributed by atoms with Gasteiger partial charge in [-0.2, -0.15) is 0 Å². The number of nitrogens with one attached hydrogen (secondary N) is 2. The Morgan fingerprint density at radius 3 is 2.45 bits per heavy atom. The van der Waals surface area contributed by atoms with Crippen LogP contribution in [0.2, 0.25) is 0 Å². The lowest BCUT2D eigenvalue weighted by atomic mass is 10.1. The number of sulfonamides is 1. The molecular formula is C15H18N2O3S2. The van der Waals surface area contributed by atoms with Crippen LogP contribution >= 0.6 is 11.3 Å². The summed E-state index contributed by atoms with van der Waals surface area (Å²) in [5, 5.41) is 4.57. The first kappa shape index (κ1) is 16.5. The Kier molecular flexibility index (Phi) is 5.20. The van der Waals surface area contributed by atoms with Gasteiger partial charge in [-0.3, -0.25) is 9.52 Å². The number of anilines is 1. The third-order valence-corrected chi connectivity index (χ3v) is 5.93. The number of hydrogen-bond acceptors (Lipinski definition) is 4. The van der Waals surface area contributed by atoms with Gasteiger partial charge in [0.15, 0.2) is 0 Å². The molecule has 5 nitrogen and oxygen atoms in total. The van der Waals surface area contributed by atoms with Crippen molar-refractivity contribution in [3.8, 4) is 0 Å². The van der Waals surface area contributed by atoms with Gasteiger partial charge in [0.05, 0.1) is 0 Å². The normalized spacial score (nSPS) is 12.6. The first-order valence-corrected chi connectivity index (χ1v) is 9.26. The number of thiophene rings is 1. The highest BCUT2D eigenvalue weighted by atomic mass is 32.2. The number of carbonyl (C=O) groups excluding carboxylic acids is 1. The predicted octanol–water partition coefficient (Wildman–Crippen LogP) is 3.08. The van der Waals surface area contributed by atoms with E-state index < -0.39 is 10.0 Å². The topological polar surface area (TPSA) is 75.3 Å². The molecule has 0 aliphatic carbocycles. The van der Waals surface area contributed by atoms with Crippen molar-refractivity contribution >= 4 is 33.0 Å². The molecule has 1 atom stereocenters. The SMILES string of the molecule is CC[C@H](C)NC(=O)c1ccc(NS(=O)(=O)c2cccs2)cc1. The molecule has 0 fully saturated rings. The first-order chi connectivity index (χ1) is 10.4. The minimum atomic E-state index is -3.56. The molecular weight excluding hydrogens is 320 g/mol. The van der Waals surface area contributed by atoms with Crippen LogP contribution in [0.4, 0.5) is 5.69 Å². The summed E-state index contributed by atoms with van der Waals surface area (Å²) in [5.74, 6) is -0.165. The molecule has 22 heavy (non-hydrogen) atoms. The molecule has 1 amide bonds. The molecule has 0 aliphatic heterocycles. The standard InChI is InChI=1S/C15H18N2O3S2/c1-3-11(2)16-15(18)12-6-8-13(9-7-12)17-22(19,20)14-5-4-10-21-14/h4-11,17H,3H2,1-2H3,(H,16,18)/t11-/m0/s1. The first-order valence-electron chi connectivity index (χ1n) is 6.89. The van der Waals surface area contributed by atoms with E-state index in [4.69, 9.17) is 0 Å². The van der Waals surface area contributed by atoms with Gasteiger partial charge >= 0.3 is 0 Å². The second-order valence-corrected chi connectivity index (χ2v) is 7.75. The van der Waals surface area contributed by atoms with Crippen LogP contribution in [0.25, 0.3) is 0 Å². The number of carbonyl (C=O) groups is 1. The van der Waals surface area contributed by atoms with Crippen molar-refractivity contribution in [1.82, 2.24) is 5.32 Å². The lowest BCUT2D eigenvalue weighted by molar-refractivity contribution is 0.0939. The maximum absolute atomic E-state index is 12.1. The van der Waals surface area contributed by atoms with Gasteiger partial charge in [0.25, 0.3) is 15.9 Å². The highest BCUT2D eigenvalue weighted by Crippen LogP contribution is 2.20. The van der Waals surface area contributed by atoms with E-state index in [1.54, 1.807) is 41.8 Å². The fourth-order valence-corrected chi connectivity index (χ4v) is 3.77. The molecule has 118 valence electrons. The Hall–Kier alpha value is -1.86. The molecule has 7 heteroatoms. The van der Waals surface area contributed by atoms with Gasteiger partial charge in [0.2, 0.25) is 0 Å². The Balaban J connectivity index is 2.08. The van der Waals surface area contributed by atoms with Crippen molar-refractivity contribution in [3.05, 3.63) is 47.3 Å². The maximum atomic E-state index is 12.1. The second-order valence-electron chi connectivity index (χ2n) is 4.90. The van der Waals surface area contributed by atoms with E-state index in [1.807, 2.05) is 13.8 Å². The minimum absolute atomic E-state index is 0.101. The summed E-state index contributed by atoms with van der Waals surface area (Å²) in [6.45, 7) is 3.93. The average molecular weight is 338 g/mol. The highest BCUT2D eigenvalue weighted by Gasteiger charge is 2.15. The predicted molar refractivity (Wildman–Crippen MR) is 88.8 cm³/mol. The molecule has 0 aliphatic rings. The molecule has 1 aromatic heterocycles. The smallest absolute Gasteiger partial charge is 0.271 e. The monoisotopic (exact) mass is 338 g/mol. The Morgan fingerprint density at radius 1 is 1.23 bits per heavy atom. The van der Waals surface area contributed by atoms with Crippen molar-refractivity contribution in [2.24, 2.45) is 0 Å². The summed E-state index contributed by atoms with van der Waals surface area (Å²) in [5.41, 5.74) is 0.924. The number of hydrogen-bond donors (Lipinski definition) is 2. The fraction of sp³-hybridized carbons (Fsp3) is 0.267. The van der Waals surface area contributed by atoms with Gasteiger partial charge in [-0.05, 0) is 49.1 Å². The van der Waals surface area contributed by atoms with E-state index >= 15 is 0 Å². The number of rotatable bonds is 6. The number of amides is 1. The minimum Gasteiger partial charge on any atom is -0.350 e. The van der Waals surface area contributed by atoms with Crippen LogP contribution in [0.5, 0.6) is 0 Å². The van der Waals surface area contributed by atoms with E-state index in [0.717, 1.165) is 17.8 Å². The second kappa shape index (κ2) is 6.93. The lowest BCUT2D eigenvalue weighted by Gasteiger charge is -2.12. The van der Waals surface area contributed by atoms with Gasteiger partial charge < -0.3 is 5.32 Å². The van der Waals surface area contributed by atoms with Gasteiger partial charge in [-0.25, -0.2) is 8.42 Å². The van der Waals surface area contributed by atoms with E-state index in [0.29, 0.717) is 11.3 Å². The number of benzene rings is 1. The zero-order chi connectivity index (χ0) is 16.2. The molecule has 0 spiro atoms. The third-order valence-electron chi connectivity index (χ3n) is 3.15. The summed E-state index contributed by atoms with van der Waals surface area (Å²) in [6, 6.07) is 9.69. The lowest BCUT2D eigenvalue weighted by Crippen LogP contribution is -2.31. The van der Waals surface area contributed by atoms with Crippen LogP contribution in [0.3, 0.4) is 0 Å². The zero-order valence-electron chi connectivity index (χ0n) is 12.4.